The maximum absolute atomic E-state index is 12.9. The minimum Gasteiger partial charge on any atom is -0.507 e. The molecule has 1 atom stereocenters. The molecule has 1 aliphatic rings. The van der Waals surface area contributed by atoms with Gasteiger partial charge in [0.15, 0.2) is 0 Å². The summed E-state index contributed by atoms with van der Waals surface area (Å²) in [6.45, 7) is 4.81. The zero-order valence-electron chi connectivity index (χ0n) is 17.7. The highest BCUT2D eigenvalue weighted by atomic mass is 16.5. The van der Waals surface area contributed by atoms with E-state index in [1.54, 1.807) is 48.8 Å². The number of aliphatic hydroxyl groups excluding tert-OH is 1. The number of benzene rings is 1. The Morgan fingerprint density at radius 3 is 2.33 bits per heavy atom. The molecule has 158 valence electrons. The molecule has 0 bridgehead atoms. The summed E-state index contributed by atoms with van der Waals surface area (Å²) in [5.74, 6) is -0.826. The summed E-state index contributed by atoms with van der Waals surface area (Å²) in [4.78, 5) is 33.2. The van der Waals surface area contributed by atoms with Gasteiger partial charge in [0, 0.05) is 31.0 Å². The minimum atomic E-state index is -0.685. The Morgan fingerprint density at radius 1 is 1.13 bits per heavy atom. The van der Waals surface area contributed by atoms with Crippen molar-refractivity contribution < 1.29 is 19.4 Å². The van der Waals surface area contributed by atoms with Crippen LogP contribution in [0.2, 0.25) is 0 Å². The summed E-state index contributed by atoms with van der Waals surface area (Å²) in [6, 6.07) is 9.68. The summed E-state index contributed by atoms with van der Waals surface area (Å²) in [7, 11) is 3.80. The summed E-state index contributed by atoms with van der Waals surface area (Å²) in [5.41, 5.74) is 1.27. The van der Waals surface area contributed by atoms with Gasteiger partial charge in [-0.2, -0.15) is 0 Å². The van der Waals surface area contributed by atoms with E-state index in [0.29, 0.717) is 24.4 Å². The van der Waals surface area contributed by atoms with Crippen LogP contribution in [-0.4, -0.2) is 64.9 Å². The number of likely N-dealkylation sites (N-methyl/N-ethyl adjacent to an activating group) is 1. The van der Waals surface area contributed by atoms with Gasteiger partial charge >= 0.3 is 0 Å². The molecule has 1 saturated heterocycles. The normalized spacial score (nSPS) is 18.5. The third kappa shape index (κ3) is 4.52. The topological polar surface area (TPSA) is 83.0 Å². The lowest BCUT2D eigenvalue weighted by Gasteiger charge is -2.26. The molecular formula is C23H27N3O4. The van der Waals surface area contributed by atoms with Gasteiger partial charge in [-0.15, -0.1) is 0 Å². The van der Waals surface area contributed by atoms with Crippen LogP contribution in [0.3, 0.4) is 0 Å². The molecule has 0 saturated carbocycles. The first-order chi connectivity index (χ1) is 14.3. The first kappa shape index (κ1) is 21.5. The summed E-state index contributed by atoms with van der Waals surface area (Å²) in [5, 5.41) is 11.0. The number of amides is 1. The van der Waals surface area contributed by atoms with Gasteiger partial charge in [0.05, 0.1) is 17.7 Å². The lowest BCUT2D eigenvalue weighted by molar-refractivity contribution is -0.140. The second-order valence-electron chi connectivity index (χ2n) is 7.77. The second kappa shape index (κ2) is 9.09. The Labute approximate surface area is 176 Å². The maximum atomic E-state index is 12.9. The number of hydrogen-bond acceptors (Lipinski definition) is 6. The van der Waals surface area contributed by atoms with E-state index >= 15 is 0 Å². The van der Waals surface area contributed by atoms with Crippen molar-refractivity contribution in [1.29, 1.82) is 0 Å². The second-order valence-corrected chi connectivity index (χ2v) is 7.77. The minimum absolute atomic E-state index is 0.0261. The highest BCUT2D eigenvalue weighted by molar-refractivity contribution is 6.46. The average Bonchev–Trinajstić information content (AvgIpc) is 2.97. The third-order valence-corrected chi connectivity index (χ3v) is 4.85. The number of ether oxygens (including phenoxy) is 1. The van der Waals surface area contributed by atoms with Gasteiger partial charge in [-0.05, 0) is 69.9 Å². The predicted octanol–water partition coefficient (Wildman–Crippen LogP) is 2.85. The van der Waals surface area contributed by atoms with Crippen LogP contribution in [-0.2, 0) is 9.59 Å². The van der Waals surface area contributed by atoms with E-state index in [-0.39, 0.29) is 17.4 Å². The number of carbonyl (C=O) groups excluding carboxylic acids is 2. The van der Waals surface area contributed by atoms with Crippen LogP contribution in [0.5, 0.6) is 5.75 Å². The zero-order chi connectivity index (χ0) is 21.8. The first-order valence-electron chi connectivity index (χ1n) is 9.89. The summed E-state index contributed by atoms with van der Waals surface area (Å²) >= 11 is 0. The molecule has 2 aromatic rings. The van der Waals surface area contributed by atoms with Crippen molar-refractivity contribution in [3.8, 4) is 5.75 Å². The van der Waals surface area contributed by atoms with E-state index in [1.165, 1.54) is 4.90 Å². The fourth-order valence-corrected chi connectivity index (χ4v) is 3.43. The van der Waals surface area contributed by atoms with Gasteiger partial charge in [0.2, 0.25) is 0 Å². The quantitative estimate of drug-likeness (QED) is 0.430. The van der Waals surface area contributed by atoms with Gasteiger partial charge in [0.1, 0.15) is 11.5 Å². The Balaban J connectivity index is 2.05. The van der Waals surface area contributed by atoms with Crippen molar-refractivity contribution in [2.45, 2.75) is 26.0 Å². The van der Waals surface area contributed by atoms with Gasteiger partial charge in [0.25, 0.3) is 11.7 Å². The lowest BCUT2D eigenvalue weighted by Crippen LogP contribution is -2.35. The predicted molar refractivity (Wildman–Crippen MR) is 114 cm³/mol. The van der Waals surface area contributed by atoms with Crippen molar-refractivity contribution in [3.05, 3.63) is 65.5 Å². The van der Waals surface area contributed by atoms with Crippen LogP contribution in [0.25, 0.3) is 5.76 Å². The Morgan fingerprint density at radius 2 is 1.77 bits per heavy atom. The number of pyridine rings is 1. The molecule has 0 aliphatic carbocycles. The molecule has 0 spiro atoms. The Bertz CT molecular complexity index is 937. The summed E-state index contributed by atoms with van der Waals surface area (Å²) in [6.07, 6.45) is 3.25. The van der Waals surface area contributed by atoms with Crippen LogP contribution in [0.4, 0.5) is 0 Å². The van der Waals surface area contributed by atoms with E-state index in [2.05, 4.69) is 4.98 Å². The number of aliphatic hydroxyl groups is 1. The molecule has 0 radical (unpaired) electrons. The van der Waals surface area contributed by atoms with E-state index < -0.39 is 17.7 Å². The fraction of sp³-hybridized carbons (Fsp3) is 0.348. The average molecular weight is 409 g/mol. The monoisotopic (exact) mass is 409 g/mol. The SMILES string of the molecule is CC(C)Oc1ccc(/C(O)=C2/C(=O)C(=O)N(CCN(C)C)C2c2ccncc2)cc1. The smallest absolute Gasteiger partial charge is 0.295 e. The zero-order valence-corrected chi connectivity index (χ0v) is 17.7. The molecule has 2 heterocycles. The van der Waals surface area contributed by atoms with Crippen molar-refractivity contribution >= 4 is 17.4 Å². The van der Waals surface area contributed by atoms with Gasteiger partial charge in [-0.1, -0.05) is 0 Å². The van der Waals surface area contributed by atoms with Crippen molar-refractivity contribution in [2.75, 3.05) is 27.2 Å². The largest absolute Gasteiger partial charge is 0.507 e. The molecule has 1 amide bonds. The van der Waals surface area contributed by atoms with Crippen molar-refractivity contribution in [2.24, 2.45) is 0 Å². The van der Waals surface area contributed by atoms with Gasteiger partial charge in [-0.25, -0.2) is 0 Å². The molecule has 1 unspecified atom stereocenters. The van der Waals surface area contributed by atoms with Crippen LogP contribution >= 0.6 is 0 Å². The van der Waals surface area contributed by atoms with E-state index in [1.807, 2.05) is 32.8 Å². The highest BCUT2D eigenvalue weighted by Gasteiger charge is 2.45. The fourth-order valence-electron chi connectivity index (χ4n) is 3.43. The van der Waals surface area contributed by atoms with Crippen molar-refractivity contribution in [1.82, 2.24) is 14.8 Å². The van der Waals surface area contributed by atoms with E-state index in [4.69, 9.17) is 4.74 Å². The number of likely N-dealkylation sites (tertiary alicyclic amines) is 1. The van der Waals surface area contributed by atoms with Crippen molar-refractivity contribution in [3.63, 3.8) is 0 Å². The van der Waals surface area contributed by atoms with Gasteiger partial charge in [-0.3, -0.25) is 14.6 Å². The number of Topliss-reactive ketones (excluding diaryl/α,β-unsaturated/α-hetero) is 1. The van der Waals surface area contributed by atoms with Gasteiger partial charge < -0.3 is 19.6 Å². The maximum Gasteiger partial charge on any atom is 0.295 e. The first-order valence-corrected chi connectivity index (χ1v) is 9.89. The Hall–Kier alpha value is -3.19. The molecule has 7 nitrogen and oxygen atoms in total. The molecule has 30 heavy (non-hydrogen) atoms. The summed E-state index contributed by atoms with van der Waals surface area (Å²) < 4.78 is 5.64. The molecule has 1 aliphatic heterocycles. The molecule has 7 heteroatoms. The molecule has 1 fully saturated rings. The number of nitrogens with zero attached hydrogens (tertiary/aromatic N) is 3. The van der Waals surface area contributed by atoms with Crippen LogP contribution in [0, 0.1) is 0 Å². The lowest BCUT2D eigenvalue weighted by atomic mass is 9.96. The van der Waals surface area contributed by atoms with E-state index in [9.17, 15) is 14.7 Å². The molecule has 1 aromatic heterocycles. The third-order valence-electron chi connectivity index (χ3n) is 4.85. The number of ketones is 1. The molecular weight excluding hydrogens is 382 g/mol. The highest BCUT2D eigenvalue weighted by Crippen LogP contribution is 2.39. The number of aromatic nitrogens is 1. The Kier molecular flexibility index (Phi) is 6.52. The number of hydrogen-bond donors (Lipinski definition) is 1. The standard InChI is InChI=1S/C23H27N3O4/c1-15(2)30-18-7-5-17(6-8-18)21(27)19-20(16-9-11-24-12-10-16)26(14-13-25(3)4)23(29)22(19)28/h5-12,15,20,27H,13-14H2,1-4H3/b21-19-. The van der Waals surface area contributed by atoms with Crippen LogP contribution in [0.15, 0.2) is 54.4 Å². The van der Waals surface area contributed by atoms with Crippen LogP contribution < -0.4 is 4.74 Å². The number of rotatable bonds is 7. The molecule has 1 N–H and O–H groups in total. The number of carbonyl (C=O) groups is 2. The van der Waals surface area contributed by atoms with Crippen LogP contribution in [0.1, 0.15) is 31.0 Å². The molecule has 3 rings (SSSR count). The molecule has 1 aromatic carbocycles. The van der Waals surface area contributed by atoms with E-state index in [0.717, 1.165) is 5.56 Å².